The van der Waals surface area contributed by atoms with Gasteiger partial charge in [-0.05, 0) is 80.2 Å². The normalized spacial score (nSPS) is 20.4. The molecule has 0 aromatic carbocycles. The highest BCUT2D eigenvalue weighted by Crippen LogP contribution is 2.20. The summed E-state index contributed by atoms with van der Waals surface area (Å²) < 4.78 is 36.6. The van der Waals surface area contributed by atoms with Crippen LogP contribution in [0.5, 0.6) is 0 Å². The number of hydrogen-bond donors (Lipinski definition) is 5. The molecule has 0 aliphatic carbocycles. The molecular formula is C42H64O23. The van der Waals surface area contributed by atoms with Gasteiger partial charge in [0.05, 0.1) is 33.0 Å². The summed E-state index contributed by atoms with van der Waals surface area (Å²) in [6.45, 7) is 12.7. The zero-order valence-corrected chi connectivity index (χ0v) is 37.7. The minimum absolute atomic E-state index is 0.0508. The van der Waals surface area contributed by atoms with Crippen molar-refractivity contribution in [2.45, 2.75) is 149 Å². The molecular weight excluding hydrogens is 872 g/mol. The van der Waals surface area contributed by atoms with Crippen LogP contribution in [0.4, 0.5) is 0 Å². The maximum Gasteiger partial charge on any atom is 0.339 e. The number of aliphatic hydroxyl groups is 5. The fraction of sp³-hybridized carbons (Fsp3) is 0.667. The van der Waals surface area contributed by atoms with Crippen LogP contribution in [0.1, 0.15) is 99.8 Å². The molecule has 8 atom stereocenters. The van der Waals surface area contributed by atoms with Crippen molar-refractivity contribution in [2.75, 3.05) is 33.0 Å². The van der Waals surface area contributed by atoms with E-state index in [1.807, 2.05) is 0 Å². The van der Waals surface area contributed by atoms with E-state index in [9.17, 15) is 68.4 Å². The van der Waals surface area contributed by atoms with Crippen molar-refractivity contribution in [2.24, 2.45) is 0 Å². The van der Waals surface area contributed by atoms with Crippen LogP contribution < -0.4 is 0 Å². The Hall–Kier alpha value is -5.62. The highest BCUT2D eigenvalue weighted by atomic mass is 16.6. The lowest BCUT2D eigenvalue weighted by atomic mass is 10.1. The van der Waals surface area contributed by atoms with E-state index in [0.717, 1.165) is 18.9 Å². The van der Waals surface area contributed by atoms with E-state index >= 15 is 0 Å². The Kier molecular flexibility index (Phi) is 33.8. The molecule has 370 valence electrons. The van der Waals surface area contributed by atoms with Gasteiger partial charge < -0.3 is 73.0 Å². The Bertz CT molecular complexity index is 1590. The Morgan fingerprint density at radius 3 is 1.62 bits per heavy atom. The van der Waals surface area contributed by atoms with Crippen molar-refractivity contribution in [1.82, 2.24) is 0 Å². The summed E-state index contributed by atoms with van der Waals surface area (Å²) in [5, 5.41) is 46.2. The molecule has 23 heteroatoms. The summed E-state index contributed by atoms with van der Waals surface area (Å²) in [6, 6.07) is 0. The van der Waals surface area contributed by atoms with Crippen LogP contribution in [0.25, 0.3) is 0 Å². The quantitative estimate of drug-likeness (QED) is 0.0454. The zero-order chi connectivity index (χ0) is 50.1. The average Bonchev–Trinajstić information content (AvgIpc) is 3.96. The van der Waals surface area contributed by atoms with Crippen LogP contribution in [0.2, 0.25) is 0 Å². The highest BCUT2D eigenvalue weighted by molar-refractivity contribution is 5.86. The molecule has 0 aromatic heterocycles. The first-order chi connectivity index (χ1) is 30.6. The SMILES string of the molecule is CCOC(=O)/C=C/CCC(C)=O.CCOC(=O)CCCCC(C)=O.CCOC(=O)[C@H](O)[C@@H]1C=CC(=O)O1.CCOC(=O)[C@H](O)[C@@H]1CCC(=O)O1.CCOC(=O)[C@H](O)[C@H]1OC(=O)[C@@H](O)[C@H]1O. The van der Waals surface area contributed by atoms with Gasteiger partial charge in [0.1, 0.15) is 23.8 Å². The molecule has 2 fully saturated rings. The second-order valence-corrected chi connectivity index (χ2v) is 13.4. The van der Waals surface area contributed by atoms with Crippen LogP contribution in [0, 0.1) is 0 Å². The third kappa shape index (κ3) is 28.0. The van der Waals surface area contributed by atoms with Crippen LogP contribution in [0.15, 0.2) is 24.3 Å². The molecule has 3 aliphatic rings. The van der Waals surface area contributed by atoms with E-state index in [1.54, 1.807) is 40.7 Å². The van der Waals surface area contributed by atoms with Gasteiger partial charge in [-0.15, -0.1) is 0 Å². The molecule has 3 heterocycles. The predicted molar refractivity (Wildman–Crippen MR) is 219 cm³/mol. The number of carbonyl (C=O) groups excluding carboxylic acids is 10. The van der Waals surface area contributed by atoms with Crippen molar-refractivity contribution in [1.29, 1.82) is 0 Å². The third-order valence-corrected chi connectivity index (χ3v) is 7.97. The Balaban J connectivity index is 0. The van der Waals surface area contributed by atoms with Gasteiger partial charge in [0.15, 0.2) is 36.6 Å². The van der Waals surface area contributed by atoms with E-state index < -0.39 is 78.7 Å². The first kappa shape index (κ1) is 61.5. The first-order valence-electron chi connectivity index (χ1n) is 20.8. The van der Waals surface area contributed by atoms with Crippen LogP contribution in [0.3, 0.4) is 0 Å². The number of hydrogen-bond acceptors (Lipinski definition) is 23. The van der Waals surface area contributed by atoms with E-state index in [-0.39, 0.29) is 55.7 Å². The second-order valence-electron chi connectivity index (χ2n) is 13.4. The van der Waals surface area contributed by atoms with Crippen LogP contribution in [-0.4, -0.2) is 167 Å². The predicted octanol–water partition coefficient (Wildman–Crippen LogP) is -0.261. The number of ketones is 2. The lowest BCUT2D eigenvalue weighted by Crippen LogP contribution is -2.43. The fourth-order valence-electron chi connectivity index (χ4n) is 4.80. The van der Waals surface area contributed by atoms with Crippen molar-refractivity contribution in [3.05, 3.63) is 24.3 Å². The summed E-state index contributed by atoms with van der Waals surface area (Å²) in [4.78, 5) is 107. The number of Topliss-reactive ketones (excluding diaryl/α,β-unsaturated/α-hetero) is 2. The van der Waals surface area contributed by atoms with Gasteiger partial charge in [0, 0.05) is 37.8 Å². The number of carbonyl (C=O) groups is 10. The number of cyclic esters (lactones) is 3. The Labute approximate surface area is 376 Å². The topological polar surface area (TPSA) is 346 Å². The summed E-state index contributed by atoms with van der Waals surface area (Å²) in [6.07, 6.45) is -1.31. The summed E-state index contributed by atoms with van der Waals surface area (Å²) in [5.41, 5.74) is 0. The summed E-state index contributed by atoms with van der Waals surface area (Å²) in [5.74, 6) is -4.75. The van der Waals surface area contributed by atoms with Gasteiger partial charge in [0.2, 0.25) is 0 Å². The van der Waals surface area contributed by atoms with E-state index in [0.29, 0.717) is 45.3 Å². The molecule has 65 heavy (non-hydrogen) atoms. The number of rotatable bonds is 20. The monoisotopic (exact) mass is 936 g/mol. The van der Waals surface area contributed by atoms with Gasteiger partial charge in [-0.1, -0.05) is 6.08 Å². The van der Waals surface area contributed by atoms with Gasteiger partial charge in [0.25, 0.3) is 0 Å². The van der Waals surface area contributed by atoms with Crippen LogP contribution in [-0.2, 0) is 85.8 Å². The van der Waals surface area contributed by atoms with Gasteiger partial charge in [-0.2, -0.15) is 0 Å². The average molecular weight is 937 g/mol. The smallest absolute Gasteiger partial charge is 0.339 e. The number of ether oxygens (including phenoxy) is 8. The first-order valence-corrected chi connectivity index (χ1v) is 20.8. The fourth-order valence-corrected chi connectivity index (χ4v) is 4.80. The highest BCUT2D eigenvalue weighted by Gasteiger charge is 2.48. The molecule has 5 N–H and O–H groups in total. The molecule has 3 aliphatic heterocycles. The largest absolute Gasteiger partial charge is 0.466 e. The Morgan fingerprint density at radius 1 is 0.677 bits per heavy atom. The third-order valence-electron chi connectivity index (χ3n) is 7.97. The Morgan fingerprint density at radius 2 is 1.18 bits per heavy atom. The number of allylic oxidation sites excluding steroid dienone is 1. The zero-order valence-electron chi connectivity index (χ0n) is 37.7. The molecule has 23 nitrogen and oxygen atoms in total. The lowest BCUT2D eigenvalue weighted by molar-refractivity contribution is -0.167. The molecule has 0 spiro atoms. The molecule has 0 aromatic rings. The molecule has 0 bridgehead atoms. The standard InChI is InChI=1S/C9H16O3.C9H14O3.C8H12O7.C8H12O5.C8H10O5/c2*1-3-12-9(11)7-5-4-6-8(2)10;1-2-14-7(12)5(11)6-3(9)4(10)8(13)15-6;2*1-2-12-8(11)7(10)5-3-4-6(9)13-5/h3-7H2,1-2H3;5,7H,3-4,6H2,1-2H3;3-6,9-11H,2H2,1H3;5,7,10H,2-4H2,1H3;3-5,7,10H,2H2,1H3/b;7-5+;;;/t;;3-,4+,5-,6+;2*5-,7+/m..100/s1. The van der Waals surface area contributed by atoms with Crippen LogP contribution >= 0.6 is 0 Å². The van der Waals surface area contributed by atoms with Crippen molar-refractivity contribution >= 4 is 59.3 Å². The number of esters is 8. The van der Waals surface area contributed by atoms with E-state index in [2.05, 4.69) is 28.4 Å². The van der Waals surface area contributed by atoms with Gasteiger partial charge in [-0.25, -0.2) is 28.8 Å². The molecule has 0 saturated carbocycles. The minimum atomic E-state index is -1.79. The summed E-state index contributed by atoms with van der Waals surface area (Å²) >= 11 is 0. The lowest BCUT2D eigenvalue weighted by Gasteiger charge is -2.18. The molecule has 0 amide bonds. The minimum Gasteiger partial charge on any atom is -0.466 e. The van der Waals surface area contributed by atoms with Crippen molar-refractivity contribution in [3.8, 4) is 0 Å². The maximum absolute atomic E-state index is 11.0. The van der Waals surface area contributed by atoms with E-state index in [4.69, 9.17) is 14.6 Å². The second kappa shape index (κ2) is 35.7. The van der Waals surface area contributed by atoms with Crippen molar-refractivity contribution in [3.63, 3.8) is 0 Å². The number of aliphatic hydroxyl groups excluding tert-OH is 5. The summed E-state index contributed by atoms with van der Waals surface area (Å²) in [7, 11) is 0. The molecule has 2 saturated heterocycles. The van der Waals surface area contributed by atoms with Gasteiger partial charge in [-0.3, -0.25) is 9.59 Å². The molecule has 0 unspecified atom stereocenters. The van der Waals surface area contributed by atoms with Gasteiger partial charge >= 0.3 is 47.8 Å². The van der Waals surface area contributed by atoms with E-state index in [1.165, 1.54) is 26.0 Å². The van der Waals surface area contributed by atoms with Crippen molar-refractivity contribution < 1.29 is 111 Å². The maximum atomic E-state index is 11.0. The molecule has 3 rings (SSSR count). The number of unbranched alkanes of at least 4 members (excludes halogenated alkanes) is 1. The molecule has 0 radical (unpaired) electrons.